The quantitative estimate of drug-likeness (QED) is 0.402. The lowest BCUT2D eigenvalue weighted by atomic mass is 10.1. The summed E-state index contributed by atoms with van der Waals surface area (Å²) in [6, 6.07) is 5.34. The van der Waals surface area contributed by atoms with E-state index < -0.39 is 0 Å². The van der Waals surface area contributed by atoms with Gasteiger partial charge in [0.05, 0.1) is 4.92 Å². The van der Waals surface area contributed by atoms with Crippen molar-refractivity contribution in [2.45, 2.75) is 40.0 Å². The van der Waals surface area contributed by atoms with Crippen molar-refractivity contribution in [2.24, 2.45) is 5.92 Å². The third kappa shape index (κ3) is 5.07. The van der Waals surface area contributed by atoms with Gasteiger partial charge in [-0.05, 0) is 31.4 Å². The van der Waals surface area contributed by atoms with Crippen molar-refractivity contribution in [2.75, 3.05) is 23.7 Å². The molecule has 20 heavy (non-hydrogen) atoms. The Morgan fingerprint density at radius 2 is 1.85 bits per heavy atom. The molecule has 0 aromatic heterocycles. The molecule has 0 unspecified atom stereocenters. The molecular weight excluding hydrogens is 254 g/mol. The summed E-state index contributed by atoms with van der Waals surface area (Å²) >= 11 is 0. The molecule has 0 saturated heterocycles. The number of nitrogens with zero attached hydrogens (tertiary/aromatic N) is 1. The third-order valence-electron chi connectivity index (χ3n) is 3.11. The molecule has 5 heteroatoms. The van der Waals surface area contributed by atoms with Crippen LogP contribution in [0.5, 0.6) is 0 Å². The number of hydrogen-bond donors (Lipinski definition) is 2. The van der Waals surface area contributed by atoms with Crippen molar-refractivity contribution >= 4 is 17.1 Å². The zero-order valence-electron chi connectivity index (χ0n) is 12.6. The first-order valence-electron chi connectivity index (χ1n) is 7.31. The summed E-state index contributed by atoms with van der Waals surface area (Å²) in [5.74, 6) is 0.710. The lowest BCUT2D eigenvalue weighted by molar-refractivity contribution is -0.383. The average molecular weight is 279 g/mol. The van der Waals surface area contributed by atoms with Gasteiger partial charge < -0.3 is 10.6 Å². The second-order valence-corrected chi connectivity index (χ2v) is 5.31. The molecule has 0 radical (unpaired) electrons. The first-order valence-corrected chi connectivity index (χ1v) is 7.31. The van der Waals surface area contributed by atoms with Crippen molar-refractivity contribution < 1.29 is 4.92 Å². The number of nitrogens with one attached hydrogen (secondary N) is 2. The van der Waals surface area contributed by atoms with E-state index in [2.05, 4.69) is 24.5 Å². The van der Waals surface area contributed by atoms with Crippen LogP contribution in [0.2, 0.25) is 0 Å². The summed E-state index contributed by atoms with van der Waals surface area (Å²) in [4.78, 5) is 10.9. The molecular formula is C15H25N3O2. The van der Waals surface area contributed by atoms with Gasteiger partial charge in [-0.1, -0.05) is 32.8 Å². The van der Waals surface area contributed by atoms with E-state index in [4.69, 9.17) is 0 Å². The van der Waals surface area contributed by atoms with Crippen LogP contribution in [-0.4, -0.2) is 18.0 Å². The van der Waals surface area contributed by atoms with Crippen LogP contribution in [-0.2, 0) is 0 Å². The van der Waals surface area contributed by atoms with Crippen molar-refractivity contribution in [1.82, 2.24) is 0 Å². The predicted octanol–water partition coefficient (Wildman–Crippen LogP) is 4.26. The molecule has 0 atom stereocenters. The third-order valence-corrected chi connectivity index (χ3v) is 3.11. The van der Waals surface area contributed by atoms with Crippen LogP contribution in [0.4, 0.5) is 17.1 Å². The first kappa shape index (κ1) is 16.3. The molecule has 1 aromatic carbocycles. The van der Waals surface area contributed by atoms with Crippen LogP contribution in [0.15, 0.2) is 18.2 Å². The average Bonchev–Trinajstić information content (AvgIpc) is 2.38. The molecule has 0 aliphatic rings. The molecule has 0 aliphatic carbocycles. The van der Waals surface area contributed by atoms with Gasteiger partial charge in [-0.15, -0.1) is 0 Å². The van der Waals surface area contributed by atoms with Crippen molar-refractivity contribution in [3.05, 3.63) is 28.3 Å². The van der Waals surface area contributed by atoms with E-state index in [1.807, 2.05) is 13.0 Å². The van der Waals surface area contributed by atoms with E-state index in [1.165, 1.54) is 6.42 Å². The number of unbranched alkanes of at least 4 members (excludes halogenated alkanes) is 1. The zero-order valence-corrected chi connectivity index (χ0v) is 12.6. The fourth-order valence-corrected chi connectivity index (χ4v) is 2.12. The molecule has 2 N–H and O–H groups in total. The SMILES string of the molecule is CCNc1cccc(NCCCCC(C)C)c1[N+](=O)[O-]. The Morgan fingerprint density at radius 3 is 2.40 bits per heavy atom. The number of benzene rings is 1. The molecule has 0 bridgehead atoms. The Bertz CT molecular complexity index is 433. The highest BCUT2D eigenvalue weighted by Gasteiger charge is 2.18. The minimum Gasteiger partial charge on any atom is -0.380 e. The van der Waals surface area contributed by atoms with Gasteiger partial charge in [-0.25, -0.2) is 0 Å². The molecule has 112 valence electrons. The highest BCUT2D eigenvalue weighted by atomic mass is 16.6. The summed E-state index contributed by atoms with van der Waals surface area (Å²) in [6.45, 7) is 7.77. The van der Waals surface area contributed by atoms with Gasteiger partial charge in [0.1, 0.15) is 11.4 Å². The molecule has 5 nitrogen and oxygen atoms in total. The smallest absolute Gasteiger partial charge is 0.315 e. The van der Waals surface area contributed by atoms with E-state index in [9.17, 15) is 10.1 Å². The minimum atomic E-state index is -0.325. The van der Waals surface area contributed by atoms with E-state index in [0.29, 0.717) is 23.8 Å². The fraction of sp³-hybridized carbons (Fsp3) is 0.600. The van der Waals surface area contributed by atoms with E-state index >= 15 is 0 Å². The normalized spacial score (nSPS) is 10.6. The number of anilines is 2. The lowest BCUT2D eigenvalue weighted by Gasteiger charge is -2.11. The summed E-state index contributed by atoms with van der Waals surface area (Å²) in [6.07, 6.45) is 3.37. The molecule has 0 amide bonds. The van der Waals surface area contributed by atoms with Gasteiger partial charge in [0, 0.05) is 13.1 Å². The summed E-state index contributed by atoms with van der Waals surface area (Å²) in [5, 5.41) is 17.4. The van der Waals surface area contributed by atoms with Gasteiger partial charge in [0.2, 0.25) is 0 Å². The van der Waals surface area contributed by atoms with Gasteiger partial charge >= 0.3 is 5.69 Å². The number of hydrogen-bond acceptors (Lipinski definition) is 4. The van der Waals surface area contributed by atoms with Crippen molar-refractivity contribution in [1.29, 1.82) is 0 Å². The molecule has 0 fully saturated rings. The largest absolute Gasteiger partial charge is 0.380 e. The second kappa shape index (κ2) is 8.40. The molecule has 0 heterocycles. The lowest BCUT2D eigenvalue weighted by Crippen LogP contribution is -2.07. The Labute approximate surface area is 120 Å². The van der Waals surface area contributed by atoms with E-state index in [0.717, 1.165) is 19.4 Å². The van der Waals surface area contributed by atoms with Gasteiger partial charge in [0.15, 0.2) is 0 Å². The van der Waals surface area contributed by atoms with E-state index in [1.54, 1.807) is 12.1 Å². The Balaban J connectivity index is 2.64. The Kier molecular flexibility index (Phi) is 6.84. The monoisotopic (exact) mass is 279 g/mol. The molecule has 1 rings (SSSR count). The summed E-state index contributed by atoms with van der Waals surface area (Å²) < 4.78 is 0. The Morgan fingerprint density at radius 1 is 1.20 bits per heavy atom. The topological polar surface area (TPSA) is 67.2 Å². The van der Waals surface area contributed by atoms with Crippen LogP contribution in [0.1, 0.15) is 40.0 Å². The summed E-state index contributed by atoms with van der Waals surface area (Å²) in [5.41, 5.74) is 1.31. The maximum Gasteiger partial charge on any atom is 0.315 e. The van der Waals surface area contributed by atoms with Crippen LogP contribution in [0, 0.1) is 16.0 Å². The van der Waals surface area contributed by atoms with Crippen LogP contribution >= 0.6 is 0 Å². The molecule has 0 spiro atoms. The highest BCUT2D eigenvalue weighted by Crippen LogP contribution is 2.32. The predicted molar refractivity (Wildman–Crippen MR) is 84.4 cm³/mol. The first-order chi connectivity index (χ1) is 9.56. The maximum absolute atomic E-state index is 11.2. The number of nitro benzene ring substituents is 1. The van der Waals surface area contributed by atoms with Crippen LogP contribution in [0.25, 0.3) is 0 Å². The molecule has 0 saturated carbocycles. The van der Waals surface area contributed by atoms with Crippen molar-refractivity contribution in [3.63, 3.8) is 0 Å². The summed E-state index contributed by atoms with van der Waals surface area (Å²) in [7, 11) is 0. The van der Waals surface area contributed by atoms with Gasteiger partial charge in [-0.2, -0.15) is 0 Å². The minimum absolute atomic E-state index is 0.137. The van der Waals surface area contributed by atoms with Gasteiger partial charge in [0.25, 0.3) is 0 Å². The Hall–Kier alpha value is -1.78. The highest BCUT2D eigenvalue weighted by molar-refractivity contribution is 5.76. The van der Waals surface area contributed by atoms with Crippen LogP contribution < -0.4 is 10.6 Å². The number of rotatable bonds is 9. The second-order valence-electron chi connectivity index (χ2n) is 5.31. The van der Waals surface area contributed by atoms with Gasteiger partial charge in [-0.3, -0.25) is 10.1 Å². The number of nitro groups is 1. The van der Waals surface area contributed by atoms with E-state index in [-0.39, 0.29) is 10.6 Å². The maximum atomic E-state index is 11.2. The standard InChI is InChI=1S/C15H25N3O2/c1-4-16-13-9-7-10-14(15(13)18(19)20)17-11-6-5-8-12(2)3/h7,9-10,12,16-17H,4-6,8,11H2,1-3H3. The van der Waals surface area contributed by atoms with Crippen LogP contribution in [0.3, 0.4) is 0 Å². The van der Waals surface area contributed by atoms with Crippen molar-refractivity contribution in [3.8, 4) is 0 Å². The number of para-hydroxylation sites is 1. The molecule has 1 aromatic rings. The molecule has 0 aliphatic heterocycles. The fourth-order valence-electron chi connectivity index (χ4n) is 2.12. The zero-order chi connectivity index (χ0) is 15.0.